The number of methoxy groups -OCH3 is 1. The number of nitrogens with one attached hydrogen (secondary N) is 2. The van der Waals surface area contributed by atoms with E-state index in [1.165, 1.54) is 0 Å². The van der Waals surface area contributed by atoms with Crippen molar-refractivity contribution in [2.75, 3.05) is 12.4 Å². The maximum Gasteiger partial charge on any atom is 0.320 e. The van der Waals surface area contributed by atoms with E-state index in [4.69, 9.17) is 4.74 Å². The molecule has 0 aliphatic carbocycles. The number of pyridine rings is 1. The Morgan fingerprint density at radius 2 is 2.08 bits per heavy atom. The Labute approximate surface area is 146 Å². The quantitative estimate of drug-likeness (QED) is 0.747. The van der Waals surface area contributed by atoms with Crippen LogP contribution in [0.2, 0.25) is 0 Å². The molecule has 0 bridgehead atoms. The zero-order chi connectivity index (χ0) is 17.8. The second-order valence-corrected chi connectivity index (χ2v) is 5.65. The summed E-state index contributed by atoms with van der Waals surface area (Å²) in [6, 6.07) is 11.1. The Kier molecular flexibility index (Phi) is 4.83. The van der Waals surface area contributed by atoms with Crippen molar-refractivity contribution >= 4 is 22.8 Å². The van der Waals surface area contributed by atoms with Crippen LogP contribution in [0.25, 0.3) is 10.9 Å². The number of urea groups is 1. The molecule has 0 spiro atoms. The van der Waals surface area contributed by atoms with E-state index in [2.05, 4.69) is 20.7 Å². The van der Waals surface area contributed by atoms with Gasteiger partial charge in [0.25, 0.3) is 0 Å². The van der Waals surface area contributed by atoms with Gasteiger partial charge in [-0.25, -0.2) is 4.79 Å². The number of anilines is 1. The zero-order valence-corrected chi connectivity index (χ0v) is 14.5. The number of rotatable bonds is 5. The molecule has 2 amide bonds. The Morgan fingerprint density at radius 1 is 1.32 bits per heavy atom. The van der Waals surface area contributed by atoms with Gasteiger partial charge in [-0.1, -0.05) is 30.3 Å². The number of hydrogen-bond donors (Lipinski definition) is 2. The summed E-state index contributed by atoms with van der Waals surface area (Å²) in [6.45, 7) is 4.64. The van der Waals surface area contributed by atoms with Gasteiger partial charge in [0.05, 0.1) is 19.3 Å². The summed E-state index contributed by atoms with van der Waals surface area (Å²) in [5.41, 5.74) is 1.84. The van der Waals surface area contributed by atoms with Crippen molar-refractivity contribution in [1.29, 1.82) is 0 Å². The molecule has 0 saturated heterocycles. The van der Waals surface area contributed by atoms with Crippen LogP contribution in [0.5, 0.6) is 5.88 Å². The van der Waals surface area contributed by atoms with E-state index in [1.807, 2.05) is 48.9 Å². The van der Waals surface area contributed by atoms with Gasteiger partial charge in [0, 0.05) is 11.9 Å². The lowest BCUT2D eigenvalue weighted by molar-refractivity contribution is 0.249. The maximum absolute atomic E-state index is 12.3. The highest BCUT2D eigenvalue weighted by molar-refractivity contribution is 5.92. The summed E-state index contributed by atoms with van der Waals surface area (Å²) in [5, 5.41) is 10.8. The first-order chi connectivity index (χ1) is 12.1. The van der Waals surface area contributed by atoms with E-state index in [0.29, 0.717) is 18.2 Å². The Hall–Kier alpha value is -3.09. The molecule has 1 unspecified atom stereocenters. The Balaban J connectivity index is 1.77. The van der Waals surface area contributed by atoms with Gasteiger partial charge in [-0.2, -0.15) is 10.1 Å². The average molecular weight is 339 g/mol. The summed E-state index contributed by atoms with van der Waals surface area (Å²) in [6.07, 6.45) is 1.73. The molecule has 1 aromatic carbocycles. The van der Waals surface area contributed by atoms with Crippen molar-refractivity contribution in [3.05, 3.63) is 48.2 Å². The Bertz CT molecular complexity index is 876. The zero-order valence-electron chi connectivity index (χ0n) is 14.5. The number of nitrogens with zero attached hydrogens (tertiary/aromatic N) is 3. The van der Waals surface area contributed by atoms with Gasteiger partial charge in [0.1, 0.15) is 11.3 Å². The largest absolute Gasteiger partial charge is 0.479 e. The number of carbonyl (C=O) groups excluding carboxylic acids is 1. The van der Waals surface area contributed by atoms with Crippen LogP contribution in [0.1, 0.15) is 25.5 Å². The first-order valence-electron chi connectivity index (χ1n) is 8.15. The van der Waals surface area contributed by atoms with Gasteiger partial charge in [-0.3, -0.25) is 10.00 Å². The molecule has 0 fully saturated rings. The number of hydrogen-bond acceptors (Lipinski definition) is 4. The first kappa shape index (κ1) is 16.8. The summed E-state index contributed by atoms with van der Waals surface area (Å²) in [4.78, 5) is 16.6. The van der Waals surface area contributed by atoms with Crippen LogP contribution in [0, 0.1) is 0 Å². The molecular weight excluding hydrogens is 318 g/mol. The fourth-order valence-electron chi connectivity index (χ4n) is 2.70. The second kappa shape index (κ2) is 7.21. The molecule has 0 aliphatic rings. The van der Waals surface area contributed by atoms with Crippen molar-refractivity contribution in [1.82, 2.24) is 20.1 Å². The number of amides is 2. The highest BCUT2D eigenvalue weighted by Gasteiger charge is 2.14. The van der Waals surface area contributed by atoms with E-state index in [1.54, 1.807) is 19.4 Å². The summed E-state index contributed by atoms with van der Waals surface area (Å²) in [7, 11) is 1.55. The lowest BCUT2D eigenvalue weighted by atomic mass is 10.1. The second-order valence-electron chi connectivity index (χ2n) is 5.65. The minimum atomic E-state index is -0.326. The molecule has 2 heterocycles. The van der Waals surface area contributed by atoms with E-state index >= 15 is 0 Å². The van der Waals surface area contributed by atoms with E-state index in [-0.39, 0.29) is 12.1 Å². The summed E-state index contributed by atoms with van der Waals surface area (Å²) < 4.78 is 7.17. The third-order valence-electron chi connectivity index (χ3n) is 3.97. The molecule has 0 aliphatic heterocycles. The lowest BCUT2D eigenvalue weighted by Gasteiger charge is -2.15. The van der Waals surface area contributed by atoms with Crippen molar-refractivity contribution in [3.63, 3.8) is 0 Å². The molecule has 2 N–H and O–H groups in total. The number of carbonyl (C=O) groups is 1. The number of benzene rings is 1. The molecule has 3 aromatic rings. The molecule has 130 valence electrons. The van der Waals surface area contributed by atoms with Gasteiger partial charge >= 0.3 is 6.03 Å². The standard InChI is InChI=1S/C18H21N5O2/c1-4-23-16-14(11-19-23)10-15(21-17(16)25-3)22-18(24)20-12(2)13-8-6-5-7-9-13/h5-12H,4H2,1-3H3,(H2,20,21,22,24). The van der Waals surface area contributed by atoms with Crippen molar-refractivity contribution < 1.29 is 9.53 Å². The molecule has 0 radical (unpaired) electrons. The molecule has 1 atom stereocenters. The maximum atomic E-state index is 12.3. The topological polar surface area (TPSA) is 81.1 Å². The van der Waals surface area contributed by atoms with Crippen molar-refractivity contribution in [3.8, 4) is 5.88 Å². The number of aryl methyl sites for hydroxylation is 1. The van der Waals surface area contributed by atoms with Crippen LogP contribution < -0.4 is 15.4 Å². The predicted octanol–water partition coefficient (Wildman–Crippen LogP) is 3.34. The molecule has 3 rings (SSSR count). The molecule has 25 heavy (non-hydrogen) atoms. The minimum absolute atomic E-state index is 0.116. The smallest absolute Gasteiger partial charge is 0.320 e. The molecule has 7 heteroatoms. The van der Waals surface area contributed by atoms with Gasteiger partial charge in [-0.15, -0.1) is 0 Å². The summed E-state index contributed by atoms with van der Waals surface area (Å²) >= 11 is 0. The predicted molar refractivity (Wildman–Crippen MR) is 96.8 cm³/mol. The number of ether oxygens (including phenoxy) is 1. The van der Waals surface area contributed by atoms with E-state index < -0.39 is 0 Å². The van der Waals surface area contributed by atoms with Crippen molar-refractivity contribution in [2.24, 2.45) is 0 Å². The fraction of sp³-hybridized carbons (Fsp3) is 0.278. The van der Waals surface area contributed by atoms with E-state index in [9.17, 15) is 4.79 Å². The van der Waals surface area contributed by atoms with Gasteiger partial charge in [0.15, 0.2) is 0 Å². The molecular formula is C18H21N5O2. The lowest BCUT2D eigenvalue weighted by Crippen LogP contribution is -2.31. The third-order valence-corrected chi connectivity index (χ3v) is 3.97. The molecule has 0 saturated carbocycles. The van der Waals surface area contributed by atoms with Gasteiger partial charge < -0.3 is 10.1 Å². The van der Waals surface area contributed by atoms with Crippen LogP contribution in [-0.2, 0) is 6.54 Å². The normalized spacial score (nSPS) is 12.0. The average Bonchev–Trinajstić information content (AvgIpc) is 3.04. The molecule has 7 nitrogen and oxygen atoms in total. The highest BCUT2D eigenvalue weighted by atomic mass is 16.5. The van der Waals surface area contributed by atoms with Crippen LogP contribution in [0.3, 0.4) is 0 Å². The van der Waals surface area contributed by atoms with Gasteiger partial charge in [0.2, 0.25) is 5.88 Å². The summed E-state index contributed by atoms with van der Waals surface area (Å²) in [5.74, 6) is 0.848. The van der Waals surface area contributed by atoms with Crippen molar-refractivity contribution in [2.45, 2.75) is 26.4 Å². The Morgan fingerprint density at radius 3 is 2.76 bits per heavy atom. The monoisotopic (exact) mass is 339 g/mol. The van der Waals surface area contributed by atoms with Crippen LogP contribution in [0.15, 0.2) is 42.6 Å². The minimum Gasteiger partial charge on any atom is -0.479 e. The number of aromatic nitrogens is 3. The number of fused-ring (bicyclic) bond motifs is 1. The van der Waals surface area contributed by atoms with Crippen LogP contribution in [0.4, 0.5) is 10.6 Å². The van der Waals surface area contributed by atoms with Crippen LogP contribution >= 0.6 is 0 Å². The van der Waals surface area contributed by atoms with Crippen LogP contribution in [-0.4, -0.2) is 27.9 Å². The van der Waals surface area contributed by atoms with E-state index in [0.717, 1.165) is 16.5 Å². The molecule has 2 aromatic heterocycles. The SMILES string of the molecule is CCn1ncc2cc(NC(=O)NC(C)c3ccccc3)nc(OC)c21. The first-order valence-corrected chi connectivity index (χ1v) is 8.15. The highest BCUT2D eigenvalue weighted by Crippen LogP contribution is 2.26. The fourth-order valence-corrected chi connectivity index (χ4v) is 2.70. The van der Waals surface area contributed by atoms with Gasteiger partial charge in [-0.05, 0) is 25.5 Å². The third kappa shape index (κ3) is 3.55.